The van der Waals surface area contributed by atoms with Crippen molar-refractivity contribution in [1.29, 1.82) is 0 Å². The Balaban J connectivity index is 2.89. The van der Waals surface area contributed by atoms with Crippen LogP contribution in [-0.2, 0) is 0 Å². The van der Waals surface area contributed by atoms with Crippen molar-refractivity contribution in [2.75, 3.05) is 23.9 Å². The third-order valence-electron chi connectivity index (χ3n) is 1.81. The van der Waals surface area contributed by atoms with Crippen LogP contribution in [0.4, 0.5) is 21.4 Å². The van der Waals surface area contributed by atoms with E-state index < -0.39 is 12.2 Å². The molecule has 0 aliphatic heterocycles. The highest BCUT2D eigenvalue weighted by molar-refractivity contribution is 5.86. The summed E-state index contributed by atoms with van der Waals surface area (Å²) >= 11 is 0. The normalized spacial score (nSPS) is 9.73. The van der Waals surface area contributed by atoms with Gasteiger partial charge in [-0.25, -0.2) is 9.59 Å². The number of carboxylic acid groups (broad SMARTS) is 2. The molecule has 0 radical (unpaired) electrons. The largest absolute Gasteiger partial charge is 0.465 e. The Bertz CT molecular complexity index is 352. The van der Waals surface area contributed by atoms with E-state index in [-0.39, 0.29) is 11.8 Å². The van der Waals surface area contributed by atoms with Crippen LogP contribution in [0.1, 0.15) is 0 Å². The van der Waals surface area contributed by atoms with E-state index in [1.165, 1.54) is 26.2 Å². The van der Waals surface area contributed by atoms with Crippen LogP contribution < -0.4 is 9.80 Å². The number of hydrogen-bond acceptors (Lipinski definition) is 3. The van der Waals surface area contributed by atoms with Gasteiger partial charge in [0.2, 0.25) is 11.8 Å². The Morgan fingerprint density at radius 1 is 1.07 bits per heavy atom. The molecule has 2 amide bonds. The van der Waals surface area contributed by atoms with Crippen LogP contribution in [0, 0.1) is 0 Å². The number of hydrogen-bond donors (Lipinski definition) is 2. The van der Waals surface area contributed by atoms with Gasteiger partial charge in [-0.3, -0.25) is 9.80 Å². The van der Waals surface area contributed by atoms with Crippen molar-refractivity contribution in [3.8, 4) is 0 Å². The lowest BCUT2D eigenvalue weighted by atomic mass is 10.5. The van der Waals surface area contributed by atoms with Crippen LogP contribution >= 0.6 is 0 Å². The lowest BCUT2D eigenvalue weighted by Gasteiger charge is -2.10. The van der Waals surface area contributed by atoms with Crippen molar-refractivity contribution in [1.82, 2.24) is 0 Å². The molecule has 1 aromatic rings. The summed E-state index contributed by atoms with van der Waals surface area (Å²) in [5, 5.41) is 17.3. The average molecular weight is 214 g/mol. The molecule has 1 rings (SSSR count). The number of anilines is 2. The van der Waals surface area contributed by atoms with Crippen molar-refractivity contribution in [3.05, 3.63) is 12.1 Å². The summed E-state index contributed by atoms with van der Waals surface area (Å²) in [4.78, 5) is 22.8. The minimum absolute atomic E-state index is 0.0607. The van der Waals surface area contributed by atoms with Gasteiger partial charge in [0.05, 0.1) is 0 Å². The van der Waals surface area contributed by atoms with Gasteiger partial charge in [0.1, 0.15) is 0 Å². The predicted molar refractivity (Wildman–Crippen MR) is 51.6 cm³/mol. The van der Waals surface area contributed by atoms with E-state index in [0.29, 0.717) is 0 Å². The van der Waals surface area contributed by atoms with Crippen LogP contribution in [0.15, 0.2) is 16.5 Å². The molecule has 1 aromatic heterocycles. The highest BCUT2D eigenvalue weighted by Crippen LogP contribution is 2.23. The SMILES string of the molecule is CN(C(=O)O)c1ccc(N(C)C(=O)O)o1. The fourth-order valence-electron chi connectivity index (χ4n) is 0.867. The Kier molecular flexibility index (Phi) is 2.84. The van der Waals surface area contributed by atoms with Crippen LogP contribution in [-0.4, -0.2) is 36.5 Å². The van der Waals surface area contributed by atoms with Crippen molar-refractivity contribution in [3.63, 3.8) is 0 Å². The molecule has 0 unspecified atom stereocenters. The second-order valence-corrected chi connectivity index (χ2v) is 2.80. The van der Waals surface area contributed by atoms with Crippen molar-refractivity contribution in [2.24, 2.45) is 0 Å². The minimum Gasteiger partial charge on any atom is -0.465 e. The molecule has 0 aliphatic rings. The molecule has 0 bridgehead atoms. The standard InChI is InChI=1S/C8H10N2O5/c1-9(7(11)12)5-3-4-6(15-5)10(2)8(13)14/h3-4H,1-2H3,(H,11,12)(H,13,14). The number of nitrogens with zero attached hydrogens (tertiary/aromatic N) is 2. The van der Waals surface area contributed by atoms with E-state index >= 15 is 0 Å². The average Bonchev–Trinajstić information content (AvgIpc) is 2.63. The van der Waals surface area contributed by atoms with Gasteiger partial charge in [-0.2, -0.15) is 0 Å². The van der Waals surface area contributed by atoms with E-state index in [0.717, 1.165) is 9.80 Å². The molecule has 0 atom stereocenters. The summed E-state index contributed by atoms with van der Waals surface area (Å²) in [6, 6.07) is 2.76. The lowest BCUT2D eigenvalue weighted by Crippen LogP contribution is -2.24. The first-order valence-corrected chi connectivity index (χ1v) is 3.96. The van der Waals surface area contributed by atoms with Crippen LogP contribution in [0.5, 0.6) is 0 Å². The van der Waals surface area contributed by atoms with E-state index in [1.807, 2.05) is 0 Å². The van der Waals surface area contributed by atoms with E-state index in [1.54, 1.807) is 0 Å². The monoisotopic (exact) mass is 214 g/mol. The van der Waals surface area contributed by atoms with E-state index in [4.69, 9.17) is 14.6 Å². The fourth-order valence-corrected chi connectivity index (χ4v) is 0.867. The summed E-state index contributed by atoms with van der Waals surface area (Å²) < 4.78 is 5.02. The molecular weight excluding hydrogens is 204 g/mol. The molecule has 15 heavy (non-hydrogen) atoms. The summed E-state index contributed by atoms with van der Waals surface area (Å²) in [6.45, 7) is 0. The lowest BCUT2D eigenvalue weighted by molar-refractivity contribution is 0.202. The topological polar surface area (TPSA) is 94.2 Å². The van der Waals surface area contributed by atoms with Gasteiger partial charge < -0.3 is 14.6 Å². The van der Waals surface area contributed by atoms with E-state index in [9.17, 15) is 9.59 Å². The number of amides is 2. The maximum Gasteiger partial charge on any atom is 0.413 e. The second-order valence-electron chi connectivity index (χ2n) is 2.80. The van der Waals surface area contributed by atoms with Gasteiger partial charge in [-0.15, -0.1) is 0 Å². The number of rotatable bonds is 2. The predicted octanol–water partition coefficient (Wildman–Crippen LogP) is 1.51. The maximum atomic E-state index is 10.5. The molecule has 0 fully saturated rings. The second kappa shape index (κ2) is 3.91. The fraction of sp³-hybridized carbons (Fsp3) is 0.250. The van der Waals surface area contributed by atoms with E-state index in [2.05, 4.69) is 0 Å². The number of furan rings is 1. The summed E-state index contributed by atoms with van der Waals surface area (Å²) in [5.41, 5.74) is 0. The molecule has 7 heteroatoms. The minimum atomic E-state index is -1.19. The zero-order valence-electron chi connectivity index (χ0n) is 8.17. The molecule has 1 heterocycles. The smallest absolute Gasteiger partial charge is 0.413 e. The van der Waals surface area contributed by atoms with Gasteiger partial charge in [0.25, 0.3) is 0 Å². The quantitative estimate of drug-likeness (QED) is 0.778. The third-order valence-corrected chi connectivity index (χ3v) is 1.81. The Morgan fingerprint density at radius 2 is 1.40 bits per heavy atom. The molecule has 82 valence electrons. The molecule has 2 N–H and O–H groups in total. The summed E-state index contributed by atoms with van der Waals surface area (Å²) in [5.74, 6) is 0.121. The van der Waals surface area contributed by atoms with Gasteiger partial charge in [-0.1, -0.05) is 0 Å². The third kappa shape index (κ3) is 2.19. The van der Waals surface area contributed by atoms with Crippen molar-refractivity contribution < 1.29 is 24.2 Å². The zero-order valence-corrected chi connectivity index (χ0v) is 8.17. The molecule has 7 nitrogen and oxygen atoms in total. The first-order valence-electron chi connectivity index (χ1n) is 3.96. The Hall–Kier alpha value is -2.18. The van der Waals surface area contributed by atoms with Crippen LogP contribution in [0.2, 0.25) is 0 Å². The van der Waals surface area contributed by atoms with Gasteiger partial charge in [0, 0.05) is 26.2 Å². The first kappa shape index (κ1) is 10.9. The Labute approximate surface area is 85.1 Å². The first-order chi connectivity index (χ1) is 6.93. The van der Waals surface area contributed by atoms with Gasteiger partial charge >= 0.3 is 12.2 Å². The molecule has 0 saturated carbocycles. The van der Waals surface area contributed by atoms with Crippen molar-refractivity contribution in [2.45, 2.75) is 0 Å². The Morgan fingerprint density at radius 3 is 1.67 bits per heavy atom. The highest BCUT2D eigenvalue weighted by Gasteiger charge is 2.17. The maximum absolute atomic E-state index is 10.5. The van der Waals surface area contributed by atoms with Crippen molar-refractivity contribution >= 4 is 24.0 Å². The highest BCUT2D eigenvalue weighted by atomic mass is 16.4. The van der Waals surface area contributed by atoms with Crippen LogP contribution in [0.25, 0.3) is 0 Å². The summed E-state index contributed by atoms with van der Waals surface area (Å²) in [6.07, 6.45) is -2.37. The van der Waals surface area contributed by atoms with Crippen LogP contribution in [0.3, 0.4) is 0 Å². The van der Waals surface area contributed by atoms with Gasteiger partial charge in [-0.05, 0) is 0 Å². The number of carbonyl (C=O) groups is 2. The zero-order chi connectivity index (χ0) is 11.6. The van der Waals surface area contributed by atoms with Gasteiger partial charge in [0.15, 0.2) is 0 Å². The molecular formula is C8H10N2O5. The summed E-state index contributed by atoms with van der Waals surface area (Å²) in [7, 11) is 2.59. The molecule has 0 saturated heterocycles. The molecule has 0 aliphatic carbocycles. The molecule has 0 aromatic carbocycles. The molecule has 0 spiro atoms.